The molecule has 0 aromatic heterocycles. The average molecular weight is 555 g/mol. The van der Waals surface area contributed by atoms with E-state index in [4.69, 9.17) is 14.2 Å². The molecule has 0 bridgehead atoms. The van der Waals surface area contributed by atoms with Crippen molar-refractivity contribution in [3.63, 3.8) is 0 Å². The Balaban J connectivity index is 1.06. The first-order chi connectivity index (χ1) is 20.2. The van der Waals surface area contributed by atoms with Gasteiger partial charge in [-0.1, -0.05) is 88.3 Å². The molecule has 3 nitrogen and oxygen atoms in total. The van der Waals surface area contributed by atoms with Crippen molar-refractivity contribution in [1.82, 2.24) is 0 Å². The van der Waals surface area contributed by atoms with Gasteiger partial charge in [-0.25, -0.2) is 0 Å². The topological polar surface area (TPSA) is 27.7 Å². The van der Waals surface area contributed by atoms with Crippen LogP contribution in [0.1, 0.15) is 107 Å². The smallest absolute Gasteiger partial charge is 0.200 e. The third kappa shape index (κ3) is 7.66. The van der Waals surface area contributed by atoms with E-state index in [1.54, 1.807) is 0 Å². The van der Waals surface area contributed by atoms with Crippen LogP contribution in [0.5, 0.6) is 11.5 Å². The van der Waals surface area contributed by atoms with Crippen molar-refractivity contribution in [2.75, 3.05) is 13.2 Å². The predicted octanol–water partition coefficient (Wildman–Crippen LogP) is 10.2. The van der Waals surface area contributed by atoms with Crippen LogP contribution in [-0.4, -0.2) is 19.5 Å². The molecule has 0 saturated heterocycles. The third-order valence-electron chi connectivity index (χ3n) is 10.3. The molecule has 0 aliphatic heterocycles. The summed E-state index contributed by atoms with van der Waals surface area (Å²) in [5.41, 5.74) is 2.84. The fraction of sp³-hybridized carbons (Fsp3) is 0.579. The van der Waals surface area contributed by atoms with Crippen LogP contribution in [0.15, 0.2) is 60.7 Å². The lowest BCUT2D eigenvalue weighted by molar-refractivity contribution is -0.103. The highest BCUT2D eigenvalue weighted by Crippen LogP contribution is 2.44. The highest BCUT2D eigenvalue weighted by Gasteiger charge is 2.33. The average Bonchev–Trinajstić information content (AvgIpc) is 3.03. The molecule has 220 valence electrons. The minimum Gasteiger partial charge on any atom is -0.491 e. The second kappa shape index (κ2) is 14.1. The quantitative estimate of drug-likeness (QED) is 0.174. The zero-order valence-corrected chi connectivity index (χ0v) is 25.2. The predicted molar refractivity (Wildman–Crippen MR) is 169 cm³/mol. The van der Waals surface area contributed by atoms with E-state index in [0.717, 1.165) is 42.1 Å². The maximum absolute atomic E-state index is 6.58. The molecule has 3 aliphatic carbocycles. The maximum Gasteiger partial charge on any atom is 0.200 e. The first-order valence-electron chi connectivity index (χ1n) is 16.8. The Morgan fingerprint density at radius 3 is 2.24 bits per heavy atom. The summed E-state index contributed by atoms with van der Waals surface area (Å²) >= 11 is 0. The molecule has 3 saturated carbocycles. The van der Waals surface area contributed by atoms with E-state index in [2.05, 4.69) is 67.6 Å². The minimum absolute atomic E-state index is 0.246. The molecule has 6 rings (SSSR count). The van der Waals surface area contributed by atoms with Gasteiger partial charge >= 0.3 is 0 Å². The van der Waals surface area contributed by atoms with Crippen LogP contribution in [-0.2, 0) is 11.2 Å². The van der Waals surface area contributed by atoms with Gasteiger partial charge in [-0.3, -0.25) is 0 Å². The molecule has 0 heterocycles. The van der Waals surface area contributed by atoms with Crippen molar-refractivity contribution < 1.29 is 14.2 Å². The largest absolute Gasteiger partial charge is 0.491 e. The highest BCUT2D eigenvalue weighted by molar-refractivity contribution is 5.84. The summed E-state index contributed by atoms with van der Waals surface area (Å²) in [5.74, 6) is 5.12. The minimum atomic E-state index is -0.246. The molecule has 3 aliphatic rings. The van der Waals surface area contributed by atoms with Crippen molar-refractivity contribution in [3.8, 4) is 11.5 Å². The van der Waals surface area contributed by atoms with Gasteiger partial charge in [0.15, 0.2) is 6.29 Å². The summed E-state index contributed by atoms with van der Waals surface area (Å²) in [4.78, 5) is 0. The highest BCUT2D eigenvalue weighted by atomic mass is 16.7. The zero-order chi connectivity index (χ0) is 27.9. The van der Waals surface area contributed by atoms with E-state index >= 15 is 0 Å². The van der Waals surface area contributed by atoms with E-state index in [1.165, 1.54) is 98.9 Å². The molecule has 0 N–H and O–H groups in total. The van der Waals surface area contributed by atoms with Crippen molar-refractivity contribution in [2.45, 2.75) is 109 Å². The Morgan fingerprint density at radius 2 is 1.41 bits per heavy atom. The van der Waals surface area contributed by atoms with Gasteiger partial charge in [0.25, 0.3) is 0 Å². The van der Waals surface area contributed by atoms with Crippen LogP contribution >= 0.6 is 0 Å². The van der Waals surface area contributed by atoms with Gasteiger partial charge < -0.3 is 14.2 Å². The third-order valence-corrected chi connectivity index (χ3v) is 10.3. The first kappa shape index (κ1) is 28.6. The summed E-state index contributed by atoms with van der Waals surface area (Å²) in [5, 5.41) is 2.49. The normalized spacial score (nSPS) is 24.1. The lowest BCUT2D eigenvalue weighted by Gasteiger charge is -2.40. The molecular weight excluding hydrogens is 504 g/mol. The molecule has 3 aromatic rings. The van der Waals surface area contributed by atoms with E-state index in [-0.39, 0.29) is 6.29 Å². The van der Waals surface area contributed by atoms with Gasteiger partial charge in [0.1, 0.15) is 18.1 Å². The first-order valence-corrected chi connectivity index (χ1v) is 16.8. The van der Waals surface area contributed by atoms with Crippen LogP contribution in [0.3, 0.4) is 0 Å². The number of hydrogen-bond acceptors (Lipinski definition) is 3. The lowest BCUT2D eigenvalue weighted by Crippen LogP contribution is -2.32. The van der Waals surface area contributed by atoms with Crippen LogP contribution in [0.25, 0.3) is 10.8 Å². The molecule has 0 spiro atoms. The van der Waals surface area contributed by atoms with Gasteiger partial charge in [-0.15, -0.1) is 0 Å². The van der Waals surface area contributed by atoms with Crippen molar-refractivity contribution in [2.24, 2.45) is 17.8 Å². The monoisotopic (exact) mass is 554 g/mol. The molecule has 3 heteroatoms. The summed E-state index contributed by atoms with van der Waals surface area (Å²) in [6.45, 7) is 3.27. The number of rotatable bonds is 11. The number of aryl methyl sites for hydroxylation is 1. The Bertz CT molecular complexity index is 1230. The number of hydrogen-bond donors (Lipinski definition) is 0. The Kier molecular flexibility index (Phi) is 9.83. The molecule has 3 fully saturated rings. The Hall–Kier alpha value is -2.52. The zero-order valence-electron chi connectivity index (χ0n) is 25.2. The van der Waals surface area contributed by atoms with Gasteiger partial charge in [0, 0.05) is 6.42 Å². The van der Waals surface area contributed by atoms with Gasteiger partial charge in [-0.2, -0.15) is 0 Å². The van der Waals surface area contributed by atoms with Crippen molar-refractivity contribution >= 4 is 10.8 Å². The van der Waals surface area contributed by atoms with E-state index in [1.807, 2.05) is 0 Å². The fourth-order valence-corrected chi connectivity index (χ4v) is 7.94. The molecular formula is C38H50O3. The van der Waals surface area contributed by atoms with Crippen LogP contribution in [0, 0.1) is 17.8 Å². The van der Waals surface area contributed by atoms with Gasteiger partial charge in [0.05, 0.1) is 6.61 Å². The fourth-order valence-electron chi connectivity index (χ4n) is 7.94. The van der Waals surface area contributed by atoms with Crippen molar-refractivity contribution in [3.05, 3.63) is 71.8 Å². The number of ether oxygens (including phenoxy) is 3. The Labute approximate surface area is 248 Å². The summed E-state index contributed by atoms with van der Waals surface area (Å²) in [7, 11) is 0. The van der Waals surface area contributed by atoms with Crippen molar-refractivity contribution in [1.29, 1.82) is 0 Å². The van der Waals surface area contributed by atoms with Crippen LogP contribution in [0.2, 0.25) is 0 Å². The Morgan fingerprint density at radius 1 is 0.683 bits per heavy atom. The van der Waals surface area contributed by atoms with E-state index in [9.17, 15) is 0 Å². The standard InChI is InChI=1S/C38H50O3/c1-2-28-12-15-35-27-37(21-18-34(35)24-28)41-38(26-29-13-14-31-10-6-7-11-33(31)25-29)40-23-22-39-36-19-16-32(17-20-36)30-8-4-3-5-9-30/h12,15-21,24,27,29-31,33,38H,2-11,13-14,22-23,25-26H2,1H3. The second-order valence-electron chi connectivity index (χ2n) is 13.1. The molecule has 0 amide bonds. The summed E-state index contributed by atoms with van der Waals surface area (Å²) < 4.78 is 19.1. The van der Waals surface area contributed by atoms with Crippen LogP contribution < -0.4 is 9.47 Å². The molecule has 3 aromatic carbocycles. The second-order valence-corrected chi connectivity index (χ2v) is 13.1. The van der Waals surface area contributed by atoms with E-state index in [0.29, 0.717) is 19.1 Å². The summed E-state index contributed by atoms with van der Waals surface area (Å²) in [6.07, 6.45) is 18.3. The summed E-state index contributed by atoms with van der Waals surface area (Å²) in [6, 6.07) is 22.0. The van der Waals surface area contributed by atoms with Crippen LogP contribution in [0.4, 0.5) is 0 Å². The SMILES string of the molecule is CCc1ccc2cc(OC(CC3CCC4CCCCC4C3)OCCOc3ccc(C4CCCCC4)cc3)ccc2c1. The molecule has 4 atom stereocenters. The maximum atomic E-state index is 6.58. The number of fused-ring (bicyclic) bond motifs is 2. The molecule has 4 unspecified atom stereocenters. The number of benzene rings is 3. The van der Waals surface area contributed by atoms with Gasteiger partial charge in [0.2, 0.25) is 0 Å². The van der Waals surface area contributed by atoms with Gasteiger partial charge in [-0.05, 0) is 108 Å². The molecule has 0 radical (unpaired) electrons. The lowest BCUT2D eigenvalue weighted by atomic mass is 9.67. The van der Waals surface area contributed by atoms with E-state index < -0.39 is 0 Å². The molecule has 41 heavy (non-hydrogen) atoms.